The Morgan fingerprint density at radius 3 is 2.47 bits per heavy atom. The second-order valence-electron chi connectivity index (χ2n) is 4.30. The molecule has 0 bridgehead atoms. The van der Waals surface area contributed by atoms with Gasteiger partial charge in [0.2, 0.25) is 0 Å². The van der Waals surface area contributed by atoms with Crippen LogP contribution in [-0.4, -0.2) is 24.3 Å². The van der Waals surface area contributed by atoms with Crippen molar-refractivity contribution < 1.29 is 14.6 Å². The topological polar surface area (TPSA) is 46.5 Å². The highest BCUT2D eigenvalue weighted by Crippen LogP contribution is 2.06. The minimum Gasteiger partial charge on any atom is -0.462 e. The Hall–Kier alpha value is -0.830. The molecule has 0 saturated carbocycles. The maximum atomic E-state index is 11.4. The Labute approximate surface area is 105 Å². The Morgan fingerprint density at radius 1 is 1.18 bits per heavy atom. The predicted molar refractivity (Wildman–Crippen MR) is 69.8 cm³/mol. The van der Waals surface area contributed by atoms with Crippen LogP contribution in [0.15, 0.2) is 11.6 Å². The van der Waals surface area contributed by atoms with Crippen LogP contribution < -0.4 is 0 Å². The lowest BCUT2D eigenvalue weighted by Crippen LogP contribution is -2.07. The molecule has 0 radical (unpaired) electrons. The molecule has 0 spiro atoms. The first-order valence-corrected chi connectivity index (χ1v) is 6.67. The quantitative estimate of drug-likeness (QED) is 0.363. The Kier molecular flexibility index (Phi) is 11.1. The van der Waals surface area contributed by atoms with Gasteiger partial charge >= 0.3 is 5.97 Å². The molecule has 3 nitrogen and oxygen atoms in total. The number of hydrogen-bond donors (Lipinski definition) is 1. The van der Waals surface area contributed by atoms with Gasteiger partial charge in [-0.1, -0.05) is 45.1 Å². The van der Waals surface area contributed by atoms with Gasteiger partial charge in [-0.25, -0.2) is 4.79 Å². The number of rotatable bonds is 10. The van der Waals surface area contributed by atoms with Crippen LogP contribution in [0.5, 0.6) is 0 Å². The number of ether oxygens (including phenoxy) is 1. The molecule has 0 rings (SSSR count). The van der Waals surface area contributed by atoms with E-state index >= 15 is 0 Å². The van der Waals surface area contributed by atoms with E-state index in [1.807, 2.05) is 0 Å². The minimum absolute atomic E-state index is 0.0715. The maximum absolute atomic E-state index is 11.4. The highest BCUT2D eigenvalue weighted by atomic mass is 16.5. The number of carbonyl (C=O) groups excluding carboxylic acids is 1. The first-order valence-electron chi connectivity index (χ1n) is 6.67. The highest BCUT2D eigenvalue weighted by Gasteiger charge is 2.04. The largest absolute Gasteiger partial charge is 0.462 e. The van der Waals surface area contributed by atoms with Gasteiger partial charge in [0.25, 0.3) is 0 Å². The zero-order chi connectivity index (χ0) is 12.9. The minimum atomic E-state index is -0.257. The van der Waals surface area contributed by atoms with Gasteiger partial charge in [0.05, 0.1) is 6.61 Å². The molecule has 0 aliphatic heterocycles. The summed E-state index contributed by atoms with van der Waals surface area (Å²) >= 11 is 0. The molecule has 0 saturated heterocycles. The Morgan fingerprint density at radius 2 is 1.82 bits per heavy atom. The lowest BCUT2D eigenvalue weighted by molar-refractivity contribution is -0.139. The summed E-state index contributed by atoms with van der Waals surface area (Å²) in [6.07, 6.45) is 9.36. The first kappa shape index (κ1) is 16.2. The van der Waals surface area contributed by atoms with Gasteiger partial charge < -0.3 is 9.84 Å². The van der Waals surface area contributed by atoms with E-state index in [1.54, 1.807) is 13.0 Å². The van der Waals surface area contributed by atoms with Crippen molar-refractivity contribution in [2.75, 3.05) is 13.2 Å². The number of aliphatic hydroxyl groups is 1. The van der Waals surface area contributed by atoms with Gasteiger partial charge in [0.15, 0.2) is 0 Å². The molecule has 0 aromatic heterocycles. The summed E-state index contributed by atoms with van der Waals surface area (Å²) in [5.41, 5.74) is 0.588. The van der Waals surface area contributed by atoms with Crippen molar-refractivity contribution in [1.82, 2.24) is 0 Å². The molecule has 1 N–H and O–H groups in total. The third-order valence-electron chi connectivity index (χ3n) is 2.63. The zero-order valence-corrected chi connectivity index (χ0v) is 11.2. The molecular weight excluding hydrogens is 216 g/mol. The smallest absolute Gasteiger partial charge is 0.333 e. The molecule has 100 valence electrons. The van der Waals surface area contributed by atoms with Gasteiger partial charge in [0.1, 0.15) is 0 Å². The number of hydrogen-bond acceptors (Lipinski definition) is 3. The summed E-state index contributed by atoms with van der Waals surface area (Å²) in [6.45, 7) is 4.50. The van der Waals surface area contributed by atoms with Gasteiger partial charge in [-0.05, 0) is 19.8 Å². The van der Waals surface area contributed by atoms with E-state index in [2.05, 4.69) is 6.92 Å². The zero-order valence-electron chi connectivity index (χ0n) is 11.2. The molecule has 0 fully saturated rings. The maximum Gasteiger partial charge on any atom is 0.333 e. The van der Waals surface area contributed by atoms with Crippen molar-refractivity contribution in [3.63, 3.8) is 0 Å². The molecule has 0 amide bonds. The van der Waals surface area contributed by atoms with Crippen molar-refractivity contribution >= 4 is 5.97 Å². The second-order valence-corrected chi connectivity index (χ2v) is 4.30. The molecule has 0 atom stereocenters. The normalized spacial score (nSPS) is 11.6. The van der Waals surface area contributed by atoms with Crippen LogP contribution in [-0.2, 0) is 9.53 Å². The van der Waals surface area contributed by atoms with Crippen LogP contribution >= 0.6 is 0 Å². The molecule has 0 heterocycles. The van der Waals surface area contributed by atoms with Crippen molar-refractivity contribution in [3.05, 3.63) is 11.6 Å². The summed E-state index contributed by atoms with van der Waals surface area (Å²) in [5, 5.41) is 8.62. The number of carbonyl (C=O) groups is 1. The average molecular weight is 242 g/mol. The summed E-state index contributed by atoms with van der Waals surface area (Å²) < 4.78 is 5.12. The monoisotopic (exact) mass is 242 g/mol. The van der Waals surface area contributed by atoms with Crippen molar-refractivity contribution in [2.45, 2.75) is 58.8 Å². The summed E-state index contributed by atoms with van der Waals surface area (Å²) in [4.78, 5) is 11.4. The fraction of sp³-hybridized carbons (Fsp3) is 0.786. The fourth-order valence-electron chi connectivity index (χ4n) is 1.53. The van der Waals surface area contributed by atoms with Gasteiger partial charge in [-0.3, -0.25) is 0 Å². The predicted octanol–water partition coefficient (Wildman–Crippen LogP) is 3.22. The summed E-state index contributed by atoms with van der Waals surface area (Å²) in [6, 6.07) is 0. The van der Waals surface area contributed by atoms with Crippen molar-refractivity contribution in [1.29, 1.82) is 0 Å². The number of unbranched alkanes of at least 4 members (excludes halogenated alkanes) is 5. The van der Waals surface area contributed by atoms with E-state index in [9.17, 15) is 4.79 Å². The van der Waals surface area contributed by atoms with Crippen molar-refractivity contribution in [2.24, 2.45) is 0 Å². The molecule has 3 heteroatoms. The lowest BCUT2D eigenvalue weighted by atomic mass is 10.1. The summed E-state index contributed by atoms with van der Waals surface area (Å²) in [7, 11) is 0. The van der Waals surface area contributed by atoms with E-state index in [1.165, 1.54) is 25.7 Å². The van der Waals surface area contributed by atoms with Crippen LogP contribution in [0.25, 0.3) is 0 Å². The number of esters is 1. The molecule has 0 aromatic carbocycles. The van der Waals surface area contributed by atoms with Crippen LogP contribution in [0.2, 0.25) is 0 Å². The molecule has 0 aromatic rings. The Bertz CT molecular complexity index is 222. The van der Waals surface area contributed by atoms with Crippen LogP contribution in [0.1, 0.15) is 58.8 Å². The van der Waals surface area contributed by atoms with E-state index in [4.69, 9.17) is 9.84 Å². The lowest BCUT2D eigenvalue weighted by Gasteiger charge is -2.05. The SMILES string of the molecule is CCCCCCCCOC(=O)C(C)=CCCO. The van der Waals surface area contributed by atoms with Crippen LogP contribution in [0.4, 0.5) is 0 Å². The van der Waals surface area contributed by atoms with Gasteiger partial charge in [-0.15, -0.1) is 0 Å². The average Bonchev–Trinajstić information content (AvgIpc) is 2.34. The third kappa shape index (κ3) is 10.1. The van der Waals surface area contributed by atoms with E-state index in [0.29, 0.717) is 18.6 Å². The number of aliphatic hydroxyl groups excluding tert-OH is 1. The molecule has 0 aliphatic carbocycles. The first-order chi connectivity index (χ1) is 8.22. The Balaban J connectivity index is 3.44. The van der Waals surface area contributed by atoms with E-state index < -0.39 is 0 Å². The molecule has 17 heavy (non-hydrogen) atoms. The van der Waals surface area contributed by atoms with Crippen LogP contribution in [0, 0.1) is 0 Å². The molecular formula is C14H26O3. The van der Waals surface area contributed by atoms with Crippen LogP contribution in [0.3, 0.4) is 0 Å². The fourth-order valence-corrected chi connectivity index (χ4v) is 1.53. The summed E-state index contributed by atoms with van der Waals surface area (Å²) in [5.74, 6) is -0.257. The van der Waals surface area contributed by atoms with Gasteiger partial charge in [-0.2, -0.15) is 0 Å². The van der Waals surface area contributed by atoms with E-state index in [-0.39, 0.29) is 12.6 Å². The third-order valence-corrected chi connectivity index (χ3v) is 2.63. The standard InChI is InChI=1S/C14H26O3/c1-3-4-5-6-7-8-12-17-14(16)13(2)10-9-11-15/h10,15H,3-9,11-12H2,1-2H3. The highest BCUT2D eigenvalue weighted by molar-refractivity contribution is 5.87. The van der Waals surface area contributed by atoms with Crippen molar-refractivity contribution in [3.8, 4) is 0 Å². The molecule has 0 unspecified atom stereocenters. The van der Waals surface area contributed by atoms with Gasteiger partial charge in [0, 0.05) is 12.2 Å². The second kappa shape index (κ2) is 11.6. The molecule has 0 aliphatic rings. The van der Waals surface area contributed by atoms with E-state index in [0.717, 1.165) is 12.8 Å².